The van der Waals surface area contributed by atoms with Gasteiger partial charge in [-0.2, -0.15) is 4.31 Å². The summed E-state index contributed by atoms with van der Waals surface area (Å²) in [4.78, 5) is 24.8. The van der Waals surface area contributed by atoms with Gasteiger partial charge >= 0.3 is 5.97 Å². The number of benzene rings is 2. The highest BCUT2D eigenvalue weighted by atomic mass is 32.2. The average molecular weight is 491 g/mol. The van der Waals surface area contributed by atoms with Crippen molar-refractivity contribution in [1.29, 1.82) is 0 Å². The van der Waals surface area contributed by atoms with Crippen molar-refractivity contribution in [3.63, 3.8) is 0 Å². The van der Waals surface area contributed by atoms with E-state index in [9.17, 15) is 22.4 Å². The lowest BCUT2D eigenvalue weighted by molar-refractivity contribution is -0.123. The van der Waals surface area contributed by atoms with E-state index in [4.69, 9.17) is 4.74 Å². The Morgan fingerprint density at radius 3 is 2.44 bits per heavy atom. The quantitative estimate of drug-likeness (QED) is 0.542. The van der Waals surface area contributed by atoms with Crippen LogP contribution in [0.25, 0.3) is 0 Å². The molecule has 1 fully saturated rings. The summed E-state index contributed by atoms with van der Waals surface area (Å²) in [5.74, 6) is -2.14. The second kappa shape index (κ2) is 11.1. The molecule has 7 nitrogen and oxygen atoms in total. The van der Waals surface area contributed by atoms with Gasteiger partial charge in [0.05, 0.1) is 5.56 Å². The maximum Gasteiger partial charge on any atom is 0.338 e. The minimum atomic E-state index is -4.08. The Bertz CT molecular complexity index is 1150. The smallest absolute Gasteiger partial charge is 0.338 e. The van der Waals surface area contributed by atoms with Crippen LogP contribution in [0.4, 0.5) is 10.1 Å². The summed E-state index contributed by atoms with van der Waals surface area (Å²) in [7, 11) is -4.08. The molecule has 2 aromatic carbocycles. The summed E-state index contributed by atoms with van der Waals surface area (Å²) in [6.45, 7) is 6.15. The summed E-state index contributed by atoms with van der Waals surface area (Å²) in [5.41, 5.74) is 1.47. The van der Waals surface area contributed by atoms with Gasteiger partial charge in [0, 0.05) is 18.8 Å². The Hall–Kier alpha value is -2.78. The maximum atomic E-state index is 14.4. The van der Waals surface area contributed by atoms with E-state index in [1.165, 1.54) is 11.2 Å². The zero-order chi connectivity index (χ0) is 24.9. The third-order valence-electron chi connectivity index (χ3n) is 6.11. The molecule has 1 saturated heterocycles. The van der Waals surface area contributed by atoms with Crippen LogP contribution < -0.4 is 5.32 Å². The number of carbonyl (C=O) groups excluding carboxylic acids is 2. The van der Waals surface area contributed by atoms with Crippen LogP contribution in [-0.4, -0.2) is 43.8 Å². The van der Waals surface area contributed by atoms with Crippen LogP contribution in [0.2, 0.25) is 0 Å². The number of hydrogen-bond donors (Lipinski definition) is 1. The molecule has 2 atom stereocenters. The van der Waals surface area contributed by atoms with Gasteiger partial charge in [0.25, 0.3) is 5.91 Å². The van der Waals surface area contributed by atoms with Gasteiger partial charge in [-0.05, 0) is 61.9 Å². The lowest BCUT2D eigenvalue weighted by Crippen LogP contribution is -2.36. The van der Waals surface area contributed by atoms with Crippen molar-refractivity contribution >= 4 is 27.6 Å². The van der Waals surface area contributed by atoms with Crippen molar-refractivity contribution in [2.75, 3.05) is 18.4 Å². The van der Waals surface area contributed by atoms with Crippen molar-refractivity contribution < 1.29 is 27.1 Å². The number of ether oxygens (including phenoxy) is 1. The first-order chi connectivity index (χ1) is 16.1. The Balaban J connectivity index is 1.73. The Morgan fingerprint density at radius 1 is 1.09 bits per heavy atom. The van der Waals surface area contributed by atoms with Gasteiger partial charge in [-0.15, -0.1) is 0 Å². The van der Waals surface area contributed by atoms with Crippen molar-refractivity contribution in [3.05, 3.63) is 59.4 Å². The van der Waals surface area contributed by atoms with E-state index < -0.39 is 38.7 Å². The first-order valence-corrected chi connectivity index (χ1v) is 13.0. The third kappa shape index (κ3) is 5.82. The first-order valence-electron chi connectivity index (χ1n) is 11.6. The zero-order valence-corrected chi connectivity index (χ0v) is 20.5. The number of esters is 1. The SMILES string of the molecule is CCC(C)c1ccccc1NC(=O)C(C)OC(=O)c1ccc(F)c(S(=O)(=O)N2CCCCC2)c1. The van der Waals surface area contributed by atoms with Crippen LogP contribution in [0.1, 0.15) is 68.3 Å². The zero-order valence-electron chi connectivity index (χ0n) is 19.7. The van der Waals surface area contributed by atoms with Crippen LogP contribution >= 0.6 is 0 Å². The number of nitrogens with one attached hydrogen (secondary N) is 1. The number of anilines is 1. The molecule has 184 valence electrons. The predicted octanol–water partition coefficient (Wildman–Crippen LogP) is 4.70. The molecule has 0 aliphatic carbocycles. The molecule has 0 bridgehead atoms. The van der Waals surface area contributed by atoms with Gasteiger partial charge in [-0.3, -0.25) is 4.79 Å². The molecule has 1 amide bonds. The first kappa shape index (κ1) is 25.8. The topological polar surface area (TPSA) is 92.8 Å². The second-order valence-electron chi connectivity index (χ2n) is 8.54. The predicted molar refractivity (Wildman–Crippen MR) is 128 cm³/mol. The highest BCUT2D eigenvalue weighted by Gasteiger charge is 2.30. The summed E-state index contributed by atoms with van der Waals surface area (Å²) >= 11 is 0. The lowest BCUT2D eigenvalue weighted by atomic mass is 9.97. The molecule has 0 saturated carbocycles. The fourth-order valence-electron chi connectivity index (χ4n) is 3.85. The van der Waals surface area contributed by atoms with Gasteiger partial charge in [-0.1, -0.05) is 38.5 Å². The minimum absolute atomic E-state index is 0.142. The van der Waals surface area contributed by atoms with Gasteiger partial charge in [-0.25, -0.2) is 17.6 Å². The molecule has 1 heterocycles. The van der Waals surface area contributed by atoms with E-state index in [0.29, 0.717) is 31.6 Å². The van der Waals surface area contributed by atoms with Crippen molar-refractivity contribution in [1.82, 2.24) is 4.31 Å². The number of nitrogens with zero attached hydrogens (tertiary/aromatic N) is 1. The second-order valence-corrected chi connectivity index (χ2v) is 10.4. The number of para-hydroxylation sites is 1. The van der Waals surface area contributed by atoms with Gasteiger partial charge in [0.1, 0.15) is 10.7 Å². The standard InChI is InChI=1S/C25H31FN2O5S/c1-4-17(2)20-10-6-7-11-22(20)27-24(29)18(3)33-25(30)19-12-13-21(26)23(16-19)34(31,32)28-14-8-5-9-15-28/h6-7,10-13,16-18H,4-5,8-9,14-15H2,1-3H3,(H,27,29). The maximum absolute atomic E-state index is 14.4. The number of amides is 1. The average Bonchev–Trinajstić information content (AvgIpc) is 2.84. The van der Waals surface area contributed by atoms with E-state index in [2.05, 4.69) is 19.2 Å². The van der Waals surface area contributed by atoms with Crippen molar-refractivity contribution in [3.8, 4) is 0 Å². The van der Waals surface area contributed by atoms with E-state index in [0.717, 1.165) is 36.6 Å². The molecule has 1 N–H and O–H groups in total. The molecule has 0 radical (unpaired) electrons. The van der Waals surface area contributed by atoms with Crippen LogP contribution in [0, 0.1) is 5.82 Å². The molecule has 0 aromatic heterocycles. The Morgan fingerprint density at radius 2 is 1.76 bits per heavy atom. The molecule has 1 aliphatic heterocycles. The normalized spacial score (nSPS) is 16.5. The monoisotopic (exact) mass is 490 g/mol. The molecule has 2 aromatic rings. The summed E-state index contributed by atoms with van der Waals surface area (Å²) in [6.07, 6.45) is 2.07. The lowest BCUT2D eigenvalue weighted by Gasteiger charge is -2.26. The van der Waals surface area contributed by atoms with Crippen molar-refractivity contribution in [2.45, 2.75) is 63.4 Å². The number of piperidine rings is 1. The molecule has 0 spiro atoms. The minimum Gasteiger partial charge on any atom is -0.449 e. The molecule has 3 rings (SSSR count). The van der Waals surface area contributed by atoms with Crippen LogP contribution in [0.15, 0.2) is 47.4 Å². The molecule has 2 unspecified atom stereocenters. The van der Waals surface area contributed by atoms with Gasteiger partial charge in [0.15, 0.2) is 6.10 Å². The van der Waals surface area contributed by atoms with Crippen LogP contribution in [0.3, 0.4) is 0 Å². The number of hydrogen-bond acceptors (Lipinski definition) is 5. The molecular formula is C25H31FN2O5S. The van der Waals surface area contributed by atoms with E-state index in [-0.39, 0.29) is 11.5 Å². The van der Waals surface area contributed by atoms with Crippen LogP contribution in [0.5, 0.6) is 0 Å². The number of carbonyl (C=O) groups is 2. The molecule has 9 heteroatoms. The van der Waals surface area contributed by atoms with E-state index in [1.807, 2.05) is 12.1 Å². The van der Waals surface area contributed by atoms with Gasteiger partial charge in [0.2, 0.25) is 10.0 Å². The number of sulfonamides is 1. The molecule has 34 heavy (non-hydrogen) atoms. The third-order valence-corrected chi connectivity index (χ3v) is 8.03. The summed E-state index contributed by atoms with van der Waals surface area (Å²) in [5, 5.41) is 2.79. The fraction of sp³-hybridized carbons (Fsp3) is 0.440. The Labute approximate surface area is 200 Å². The van der Waals surface area contributed by atoms with E-state index in [1.54, 1.807) is 12.1 Å². The fourth-order valence-corrected chi connectivity index (χ4v) is 5.46. The van der Waals surface area contributed by atoms with Crippen LogP contribution in [-0.2, 0) is 19.6 Å². The highest BCUT2D eigenvalue weighted by Crippen LogP contribution is 2.27. The number of rotatable bonds is 8. The largest absolute Gasteiger partial charge is 0.449 e. The summed E-state index contributed by atoms with van der Waals surface area (Å²) in [6, 6.07) is 10.5. The number of halogens is 1. The summed E-state index contributed by atoms with van der Waals surface area (Å²) < 4.78 is 46.7. The Kier molecular flexibility index (Phi) is 8.43. The molecule has 1 aliphatic rings. The highest BCUT2D eigenvalue weighted by molar-refractivity contribution is 7.89. The molecular weight excluding hydrogens is 459 g/mol. The van der Waals surface area contributed by atoms with Crippen molar-refractivity contribution in [2.24, 2.45) is 0 Å². The van der Waals surface area contributed by atoms with E-state index >= 15 is 0 Å². The van der Waals surface area contributed by atoms with Gasteiger partial charge < -0.3 is 10.1 Å².